The summed E-state index contributed by atoms with van der Waals surface area (Å²) in [6, 6.07) is 0. The SMILES string of the molecule is CC(C)P(N([Si](C)(C)C)[Si](C)(C)C)C(C)(C)C. The topological polar surface area (TPSA) is 3.24 Å². The van der Waals surface area contributed by atoms with Crippen molar-refractivity contribution >= 4 is 24.5 Å². The zero-order chi connectivity index (χ0) is 14.2. The second kappa shape index (κ2) is 5.44. The summed E-state index contributed by atoms with van der Waals surface area (Å²) in [6.07, 6.45) is 0. The predicted molar refractivity (Wildman–Crippen MR) is 90.3 cm³/mol. The molecule has 0 aromatic rings. The molecular weight excluding hydrogens is 257 g/mol. The van der Waals surface area contributed by atoms with Crippen molar-refractivity contribution in [1.29, 1.82) is 0 Å². The Morgan fingerprint density at radius 2 is 1.12 bits per heavy atom. The fraction of sp³-hybridized carbons (Fsp3) is 1.00. The summed E-state index contributed by atoms with van der Waals surface area (Å²) in [5.74, 6) is 0. The standard InChI is InChI=1S/C13H34NPSi2/c1-12(2)15(13(3,4)5)14(16(6,7)8)17(9,10)11/h12H,1-11H3. The van der Waals surface area contributed by atoms with Gasteiger partial charge in [0.05, 0.1) is 0 Å². The lowest BCUT2D eigenvalue weighted by Gasteiger charge is -2.54. The number of rotatable bonds is 4. The van der Waals surface area contributed by atoms with Crippen LogP contribution in [0.2, 0.25) is 39.3 Å². The maximum absolute atomic E-state index is 3.04. The van der Waals surface area contributed by atoms with Crippen molar-refractivity contribution in [1.82, 2.24) is 4.00 Å². The number of hydrogen-bond acceptors (Lipinski definition) is 1. The zero-order valence-electron chi connectivity index (χ0n) is 14.0. The molecular formula is C13H34NPSi2. The zero-order valence-corrected chi connectivity index (χ0v) is 16.9. The first-order valence-corrected chi connectivity index (χ1v) is 15.0. The first-order valence-electron chi connectivity index (χ1n) is 6.78. The molecule has 0 fully saturated rings. The van der Waals surface area contributed by atoms with Crippen molar-refractivity contribution in [2.75, 3.05) is 0 Å². The van der Waals surface area contributed by atoms with E-state index in [9.17, 15) is 0 Å². The van der Waals surface area contributed by atoms with E-state index in [4.69, 9.17) is 0 Å². The van der Waals surface area contributed by atoms with Crippen LogP contribution in [0, 0.1) is 0 Å². The smallest absolute Gasteiger partial charge is 0.116 e. The average Bonchev–Trinajstić information content (AvgIpc) is 1.91. The van der Waals surface area contributed by atoms with Crippen LogP contribution in [0.4, 0.5) is 0 Å². The van der Waals surface area contributed by atoms with Crippen molar-refractivity contribution in [3.63, 3.8) is 0 Å². The van der Waals surface area contributed by atoms with Crippen LogP contribution in [-0.4, -0.2) is 31.3 Å². The van der Waals surface area contributed by atoms with Gasteiger partial charge in [0, 0.05) is 0 Å². The lowest BCUT2D eigenvalue weighted by Crippen LogP contribution is -2.58. The average molecular weight is 292 g/mol. The maximum Gasteiger partial charge on any atom is 0.116 e. The van der Waals surface area contributed by atoms with Gasteiger partial charge in [-0.25, -0.2) is 0 Å². The first kappa shape index (κ1) is 17.8. The summed E-state index contributed by atoms with van der Waals surface area (Å²) in [7, 11) is -2.51. The van der Waals surface area contributed by atoms with Crippen LogP contribution in [-0.2, 0) is 0 Å². The molecule has 1 nitrogen and oxygen atoms in total. The third-order valence-electron chi connectivity index (χ3n) is 2.66. The van der Waals surface area contributed by atoms with E-state index in [0.29, 0.717) is 5.16 Å². The second-order valence-corrected chi connectivity index (χ2v) is 22.5. The van der Waals surface area contributed by atoms with Gasteiger partial charge >= 0.3 is 0 Å². The summed E-state index contributed by atoms with van der Waals surface area (Å²) in [5, 5.41) is 0.435. The molecule has 0 amide bonds. The molecule has 0 rings (SSSR count). The largest absolute Gasteiger partial charge is 0.324 e. The van der Waals surface area contributed by atoms with Crippen LogP contribution in [0.25, 0.3) is 0 Å². The molecule has 0 spiro atoms. The van der Waals surface area contributed by atoms with Crippen molar-refractivity contribution in [2.24, 2.45) is 0 Å². The maximum atomic E-state index is 3.04. The molecule has 0 N–H and O–H groups in total. The quantitative estimate of drug-likeness (QED) is 0.484. The fourth-order valence-electron chi connectivity index (χ4n) is 2.96. The monoisotopic (exact) mass is 291 g/mol. The summed E-state index contributed by atoms with van der Waals surface area (Å²) in [5.41, 5.74) is 0.795. The molecule has 0 bridgehead atoms. The first-order chi connectivity index (χ1) is 7.19. The molecule has 0 aromatic heterocycles. The third-order valence-corrected chi connectivity index (χ3v) is 16.9. The molecule has 1 unspecified atom stereocenters. The minimum Gasteiger partial charge on any atom is -0.324 e. The Balaban J connectivity index is 5.58. The van der Waals surface area contributed by atoms with E-state index in [1.165, 1.54) is 0 Å². The molecule has 0 saturated heterocycles. The predicted octanol–water partition coefficient (Wildman–Crippen LogP) is 5.56. The highest BCUT2D eigenvalue weighted by Gasteiger charge is 2.44. The van der Waals surface area contributed by atoms with Gasteiger partial charge in [-0.3, -0.25) is 0 Å². The van der Waals surface area contributed by atoms with Gasteiger partial charge in [0.15, 0.2) is 0 Å². The van der Waals surface area contributed by atoms with Crippen LogP contribution < -0.4 is 0 Å². The minimum atomic E-state index is -1.23. The van der Waals surface area contributed by atoms with Gasteiger partial charge in [-0.1, -0.05) is 73.9 Å². The van der Waals surface area contributed by atoms with Gasteiger partial charge in [0.25, 0.3) is 0 Å². The van der Waals surface area contributed by atoms with E-state index in [1.807, 2.05) is 0 Å². The van der Waals surface area contributed by atoms with Crippen LogP contribution >= 0.6 is 8.07 Å². The lowest BCUT2D eigenvalue weighted by atomic mass is 10.3. The Bertz CT molecular complexity index is 232. The van der Waals surface area contributed by atoms with E-state index in [0.717, 1.165) is 5.66 Å². The Morgan fingerprint density at radius 1 is 0.824 bits per heavy atom. The third kappa shape index (κ3) is 5.14. The Labute approximate surface area is 113 Å². The molecule has 0 aliphatic rings. The van der Waals surface area contributed by atoms with Gasteiger partial charge in [0.1, 0.15) is 16.5 Å². The van der Waals surface area contributed by atoms with E-state index in [1.54, 1.807) is 0 Å². The summed E-state index contributed by atoms with van der Waals surface area (Å²) >= 11 is 0. The highest BCUT2D eigenvalue weighted by molar-refractivity contribution is 7.62. The molecule has 0 saturated carbocycles. The number of hydrogen-bond donors (Lipinski definition) is 0. The van der Waals surface area contributed by atoms with Crippen LogP contribution in [0.3, 0.4) is 0 Å². The van der Waals surface area contributed by atoms with Crippen molar-refractivity contribution in [2.45, 2.75) is 84.7 Å². The molecule has 1 atom stereocenters. The summed E-state index contributed by atoms with van der Waals surface area (Å²) < 4.78 is 3.04. The molecule has 0 aliphatic carbocycles. The van der Waals surface area contributed by atoms with E-state index >= 15 is 0 Å². The van der Waals surface area contributed by atoms with Crippen LogP contribution in [0.15, 0.2) is 0 Å². The van der Waals surface area contributed by atoms with Crippen molar-refractivity contribution < 1.29 is 0 Å². The number of nitrogens with zero attached hydrogens (tertiary/aromatic N) is 1. The molecule has 17 heavy (non-hydrogen) atoms. The van der Waals surface area contributed by atoms with Gasteiger partial charge in [-0.05, 0) is 18.9 Å². The van der Waals surface area contributed by atoms with E-state index < -0.39 is 16.5 Å². The van der Waals surface area contributed by atoms with Gasteiger partial charge in [-0.2, -0.15) is 0 Å². The molecule has 104 valence electrons. The summed E-state index contributed by atoms with van der Waals surface area (Å²) in [6.45, 7) is 27.3. The fourth-order valence-corrected chi connectivity index (χ4v) is 22.0. The molecule has 0 radical (unpaired) electrons. The lowest BCUT2D eigenvalue weighted by molar-refractivity contribution is 0.729. The molecule has 0 aliphatic heterocycles. The normalized spacial score (nSPS) is 16.8. The summed E-state index contributed by atoms with van der Waals surface area (Å²) in [4.78, 5) is 0. The Kier molecular flexibility index (Phi) is 5.71. The molecule has 0 aromatic carbocycles. The molecule has 4 heteroatoms. The van der Waals surface area contributed by atoms with E-state index in [-0.39, 0.29) is 8.07 Å². The highest BCUT2D eigenvalue weighted by Crippen LogP contribution is 2.59. The van der Waals surface area contributed by atoms with Crippen LogP contribution in [0.1, 0.15) is 34.6 Å². The van der Waals surface area contributed by atoms with Gasteiger partial charge in [-0.15, -0.1) is 0 Å². The van der Waals surface area contributed by atoms with Crippen LogP contribution in [0.5, 0.6) is 0 Å². The van der Waals surface area contributed by atoms with Crippen molar-refractivity contribution in [3.8, 4) is 0 Å². The highest BCUT2D eigenvalue weighted by atomic mass is 31.1. The Hall–Kier alpha value is 0.824. The second-order valence-electron chi connectivity index (χ2n) is 8.26. The van der Waals surface area contributed by atoms with E-state index in [2.05, 4.69) is 77.9 Å². The van der Waals surface area contributed by atoms with Gasteiger partial charge in [0.2, 0.25) is 0 Å². The van der Waals surface area contributed by atoms with Gasteiger partial charge < -0.3 is 4.00 Å². The Morgan fingerprint density at radius 3 is 1.18 bits per heavy atom. The van der Waals surface area contributed by atoms with Crippen molar-refractivity contribution in [3.05, 3.63) is 0 Å². The minimum absolute atomic E-state index is 0.0435. The molecule has 0 heterocycles.